The molecule has 2 rings (SSSR count). The van der Waals surface area contributed by atoms with Crippen LogP contribution in [0.25, 0.3) is 0 Å². The van der Waals surface area contributed by atoms with Gasteiger partial charge < -0.3 is 10.5 Å². The zero-order valence-electron chi connectivity index (χ0n) is 9.69. The van der Waals surface area contributed by atoms with E-state index in [4.69, 9.17) is 10.5 Å². The number of alkyl halides is 3. The van der Waals surface area contributed by atoms with Crippen molar-refractivity contribution in [1.82, 2.24) is 10.2 Å². The van der Waals surface area contributed by atoms with E-state index in [1.807, 2.05) is 0 Å². The van der Waals surface area contributed by atoms with Gasteiger partial charge in [0.1, 0.15) is 5.75 Å². The number of aromatic nitrogens is 2. The van der Waals surface area contributed by atoms with Gasteiger partial charge in [-0.2, -0.15) is 18.3 Å². The van der Waals surface area contributed by atoms with Crippen LogP contribution in [0.4, 0.5) is 13.2 Å². The van der Waals surface area contributed by atoms with Crippen molar-refractivity contribution in [2.45, 2.75) is 12.7 Å². The number of nitrogens with two attached hydrogens (primary N) is 1. The second-order valence-electron chi connectivity index (χ2n) is 3.66. The highest BCUT2D eigenvalue weighted by molar-refractivity contribution is 5.39. The lowest BCUT2D eigenvalue weighted by molar-refractivity contribution is -0.138. The minimum atomic E-state index is -4.50. The SMILES string of the molecule is NCc1ccnnc1Oc1ccccc1C(F)(F)F. The third kappa shape index (κ3) is 3.00. The van der Waals surface area contributed by atoms with E-state index in [1.165, 1.54) is 24.4 Å². The van der Waals surface area contributed by atoms with Gasteiger partial charge >= 0.3 is 6.18 Å². The lowest BCUT2D eigenvalue weighted by Crippen LogP contribution is -2.08. The Hall–Kier alpha value is -2.15. The zero-order valence-corrected chi connectivity index (χ0v) is 9.69. The van der Waals surface area contributed by atoms with Crippen molar-refractivity contribution in [3.8, 4) is 11.6 Å². The average molecular weight is 269 g/mol. The minimum Gasteiger partial charge on any atom is -0.437 e. The smallest absolute Gasteiger partial charge is 0.419 e. The quantitative estimate of drug-likeness (QED) is 0.930. The molecule has 0 spiro atoms. The Morgan fingerprint density at radius 1 is 1.16 bits per heavy atom. The fraction of sp³-hybridized carbons (Fsp3) is 0.167. The van der Waals surface area contributed by atoms with Crippen LogP contribution in [0.5, 0.6) is 11.6 Å². The van der Waals surface area contributed by atoms with Gasteiger partial charge in [0.2, 0.25) is 5.88 Å². The lowest BCUT2D eigenvalue weighted by atomic mass is 10.2. The minimum absolute atomic E-state index is 0.0262. The predicted octanol–water partition coefficient (Wildman–Crippen LogP) is 2.75. The van der Waals surface area contributed by atoms with E-state index in [0.717, 1.165) is 6.07 Å². The van der Waals surface area contributed by atoms with E-state index in [-0.39, 0.29) is 18.2 Å². The monoisotopic (exact) mass is 269 g/mol. The maximum atomic E-state index is 12.8. The Labute approximate surface area is 107 Å². The number of benzene rings is 1. The van der Waals surface area contributed by atoms with E-state index >= 15 is 0 Å². The molecule has 1 heterocycles. The van der Waals surface area contributed by atoms with Gasteiger partial charge in [-0.3, -0.25) is 0 Å². The van der Waals surface area contributed by atoms with Gasteiger partial charge in [0.25, 0.3) is 0 Å². The van der Waals surface area contributed by atoms with E-state index < -0.39 is 11.7 Å². The van der Waals surface area contributed by atoms with Gasteiger partial charge in [-0.15, -0.1) is 5.10 Å². The molecule has 2 aromatic rings. The first kappa shape index (κ1) is 13.3. The number of rotatable bonds is 3. The van der Waals surface area contributed by atoms with E-state index in [2.05, 4.69) is 10.2 Å². The van der Waals surface area contributed by atoms with Crippen LogP contribution in [0.15, 0.2) is 36.5 Å². The number of hydrogen-bond acceptors (Lipinski definition) is 4. The molecule has 0 aliphatic heterocycles. The number of hydrogen-bond donors (Lipinski definition) is 1. The molecule has 2 N–H and O–H groups in total. The van der Waals surface area contributed by atoms with Crippen LogP contribution >= 0.6 is 0 Å². The molecule has 0 saturated heterocycles. The number of nitrogens with zero attached hydrogens (tertiary/aromatic N) is 2. The molecule has 0 amide bonds. The van der Waals surface area contributed by atoms with Crippen molar-refractivity contribution in [1.29, 1.82) is 0 Å². The number of halogens is 3. The van der Waals surface area contributed by atoms with Crippen LogP contribution in [-0.2, 0) is 12.7 Å². The molecule has 0 bridgehead atoms. The second kappa shape index (κ2) is 5.23. The third-order valence-corrected chi connectivity index (χ3v) is 2.38. The summed E-state index contributed by atoms with van der Waals surface area (Å²) in [6.45, 7) is 0.0963. The normalized spacial score (nSPS) is 11.4. The van der Waals surface area contributed by atoms with E-state index in [0.29, 0.717) is 5.56 Å². The highest BCUT2D eigenvalue weighted by atomic mass is 19.4. The first-order chi connectivity index (χ1) is 9.02. The molecular formula is C12H10F3N3O. The molecule has 0 fully saturated rings. The van der Waals surface area contributed by atoms with Gasteiger partial charge in [-0.1, -0.05) is 12.1 Å². The number of ether oxygens (including phenoxy) is 1. The first-order valence-corrected chi connectivity index (χ1v) is 5.37. The molecule has 0 saturated carbocycles. The summed E-state index contributed by atoms with van der Waals surface area (Å²) in [5, 5.41) is 7.22. The molecule has 0 aliphatic carbocycles. The molecule has 0 unspecified atom stereocenters. The van der Waals surface area contributed by atoms with Crippen LogP contribution in [0, 0.1) is 0 Å². The largest absolute Gasteiger partial charge is 0.437 e. The summed E-state index contributed by atoms with van der Waals surface area (Å²) in [5.74, 6) is -0.355. The summed E-state index contributed by atoms with van der Waals surface area (Å²) in [6.07, 6.45) is -3.10. The highest BCUT2D eigenvalue weighted by Crippen LogP contribution is 2.37. The van der Waals surface area contributed by atoms with Gasteiger partial charge in [-0.05, 0) is 18.2 Å². The van der Waals surface area contributed by atoms with E-state index in [1.54, 1.807) is 6.07 Å². The topological polar surface area (TPSA) is 61.0 Å². The van der Waals surface area contributed by atoms with Crippen molar-refractivity contribution in [2.75, 3.05) is 0 Å². The van der Waals surface area contributed by atoms with Gasteiger partial charge in [-0.25, -0.2) is 0 Å². The maximum Gasteiger partial charge on any atom is 0.419 e. The summed E-state index contributed by atoms with van der Waals surface area (Å²) in [7, 11) is 0. The molecular weight excluding hydrogens is 259 g/mol. The molecule has 100 valence electrons. The Balaban J connectivity index is 2.39. The zero-order chi connectivity index (χ0) is 13.9. The van der Waals surface area contributed by atoms with Gasteiger partial charge in [0, 0.05) is 12.1 Å². The maximum absolute atomic E-state index is 12.8. The molecule has 1 aromatic heterocycles. The Morgan fingerprint density at radius 3 is 2.58 bits per heavy atom. The molecule has 19 heavy (non-hydrogen) atoms. The fourth-order valence-corrected chi connectivity index (χ4v) is 1.48. The van der Waals surface area contributed by atoms with Crippen LogP contribution in [0.3, 0.4) is 0 Å². The van der Waals surface area contributed by atoms with Gasteiger partial charge in [0.05, 0.1) is 11.8 Å². The molecule has 0 aliphatic rings. The van der Waals surface area contributed by atoms with Crippen LogP contribution in [0.2, 0.25) is 0 Å². The van der Waals surface area contributed by atoms with Crippen molar-refractivity contribution in [3.05, 3.63) is 47.7 Å². The molecule has 1 aromatic carbocycles. The standard InChI is InChI=1S/C12H10F3N3O/c13-12(14,15)9-3-1-2-4-10(9)19-11-8(7-16)5-6-17-18-11/h1-6H,7,16H2. The third-order valence-electron chi connectivity index (χ3n) is 2.38. The molecule has 0 atom stereocenters. The fourth-order valence-electron chi connectivity index (χ4n) is 1.48. The van der Waals surface area contributed by atoms with Crippen molar-refractivity contribution < 1.29 is 17.9 Å². The summed E-state index contributed by atoms with van der Waals surface area (Å²) < 4.78 is 43.6. The Bertz CT molecular complexity index is 572. The lowest BCUT2D eigenvalue weighted by Gasteiger charge is -2.13. The Kier molecular flexibility index (Phi) is 3.66. The van der Waals surface area contributed by atoms with Crippen molar-refractivity contribution >= 4 is 0 Å². The Morgan fingerprint density at radius 2 is 1.89 bits per heavy atom. The van der Waals surface area contributed by atoms with Crippen LogP contribution in [-0.4, -0.2) is 10.2 Å². The number of para-hydroxylation sites is 1. The van der Waals surface area contributed by atoms with Crippen molar-refractivity contribution in [3.63, 3.8) is 0 Å². The van der Waals surface area contributed by atoms with Crippen LogP contribution < -0.4 is 10.5 Å². The summed E-state index contributed by atoms with van der Waals surface area (Å²) in [4.78, 5) is 0. The average Bonchev–Trinajstić information content (AvgIpc) is 2.39. The molecule has 7 heteroatoms. The van der Waals surface area contributed by atoms with Crippen molar-refractivity contribution in [2.24, 2.45) is 5.73 Å². The predicted molar refractivity (Wildman–Crippen MR) is 61.4 cm³/mol. The summed E-state index contributed by atoms with van der Waals surface area (Å²) >= 11 is 0. The summed E-state index contributed by atoms with van der Waals surface area (Å²) in [6, 6.07) is 6.43. The van der Waals surface area contributed by atoms with Crippen LogP contribution in [0.1, 0.15) is 11.1 Å². The van der Waals surface area contributed by atoms with E-state index in [9.17, 15) is 13.2 Å². The van der Waals surface area contributed by atoms with Gasteiger partial charge in [0.15, 0.2) is 0 Å². The summed E-state index contributed by atoms with van der Waals surface area (Å²) in [5.41, 5.74) is 5.07. The second-order valence-corrected chi connectivity index (χ2v) is 3.66. The molecule has 0 radical (unpaired) electrons. The first-order valence-electron chi connectivity index (χ1n) is 5.37. The highest BCUT2D eigenvalue weighted by Gasteiger charge is 2.34. The molecule has 4 nitrogen and oxygen atoms in total.